The molecule has 7 heteroatoms. The maximum Gasteiger partial charge on any atom is 0.410 e. The van der Waals surface area contributed by atoms with Gasteiger partial charge in [0.25, 0.3) is 5.91 Å². The van der Waals surface area contributed by atoms with Crippen molar-refractivity contribution in [2.24, 2.45) is 5.92 Å². The van der Waals surface area contributed by atoms with Crippen LogP contribution in [0.4, 0.5) is 4.79 Å². The van der Waals surface area contributed by atoms with Gasteiger partial charge < -0.3 is 14.5 Å². The lowest BCUT2D eigenvalue weighted by atomic mass is 9.96. The highest BCUT2D eigenvalue weighted by atomic mass is 16.6. The van der Waals surface area contributed by atoms with Gasteiger partial charge in [-0.15, -0.1) is 0 Å². The lowest BCUT2D eigenvalue weighted by Crippen LogP contribution is -2.43. The number of aromatic nitrogens is 2. The Morgan fingerprint density at radius 1 is 1.17 bits per heavy atom. The minimum atomic E-state index is -0.498. The summed E-state index contributed by atoms with van der Waals surface area (Å²) in [7, 11) is 1.77. The summed E-state index contributed by atoms with van der Waals surface area (Å²) in [5, 5.41) is 4.54. The first-order valence-corrected chi connectivity index (χ1v) is 10.5. The molecule has 0 N–H and O–H groups in total. The number of hydrogen-bond acceptors (Lipinski definition) is 4. The Morgan fingerprint density at radius 2 is 1.80 bits per heavy atom. The van der Waals surface area contributed by atoms with Crippen molar-refractivity contribution in [2.45, 2.75) is 46.1 Å². The van der Waals surface area contributed by atoms with Crippen LogP contribution in [0.3, 0.4) is 0 Å². The van der Waals surface area contributed by atoms with Crippen LogP contribution >= 0.6 is 0 Å². The third-order valence-corrected chi connectivity index (χ3v) is 5.25. The normalized spacial score (nSPS) is 15.2. The lowest BCUT2D eigenvalue weighted by Gasteiger charge is -2.34. The van der Waals surface area contributed by atoms with Crippen LogP contribution in [0.5, 0.6) is 0 Å². The molecular formula is C23H32N4O3. The van der Waals surface area contributed by atoms with E-state index in [2.05, 4.69) is 5.10 Å². The fourth-order valence-corrected chi connectivity index (χ4v) is 3.69. The van der Waals surface area contributed by atoms with Crippen LogP contribution in [-0.2, 0) is 4.74 Å². The standard InChI is InChI=1S/C23H32N4O3/c1-17-15-20(24-27(17)19-9-7-6-8-10-19)21(28)26-13-11-18(12-14-26)16-25(5)22(29)30-23(2,3)4/h6-10,15,18H,11-14,16H2,1-5H3. The number of rotatable bonds is 4. The van der Waals surface area contributed by atoms with Gasteiger partial charge in [0.05, 0.1) is 5.69 Å². The van der Waals surface area contributed by atoms with Gasteiger partial charge in [0.1, 0.15) is 5.60 Å². The highest BCUT2D eigenvalue weighted by Gasteiger charge is 2.28. The van der Waals surface area contributed by atoms with E-state index in [9.17, 15) is 9.59 Å². The summed E-state index contributed by atoms with van der Waals surface area (Å²) in [6.45, 7) is 9.52. The summed E-state index contributed by atoms with van der Waals surface area (Å²) in [5.41, 5.74) is 1.85. The van der Waals surface area contributed by atoms with Crippen molar-refractivity contribution in [2.75, 3.05) is 26.7 Å². The number of para-hydroxylation sites is 1. The third kappa shape index (κ3) is 5.40. The number of piperidine rings is 1. The van der Waals surface area contributed by atoms with Crippen molar-refractivity contribution in [3.8, 4) is 5.69 Å². The molecule has 0 radical (unpaired) electrons. The zero-order valence-electron chi connectivity index (χ0n) is 18.6. The van der Waals surface area contributed by atoms with Crippen LogP contribution in [0.15, 0.2) is 36.4 Å². The number of aryl methyl sites for hydroxylation is 1. The van der Waals surface area contributed by atoms with Crippen LogP contribution in [0, 0.1) is 12.8 Å². The average molecular weight is 413 g/mol. The zero-order chi connectivity index (χ0) is 21.9. The molecule has 2 heterocycles. The predicted octanol–water partition coefficient (Wildman–Crippen LogP) is 3.90. The molecular weight excluding hydrogens is 380 g/mol. The molecule has 1 fully saturated rings. The quantitative estimate of drug-likeness (QED) is 0.764. The molecule has 0 spiro atoms. The Hall–Kier alpha value is -2.83. The topological polar surface area (TPSA) is 67.7 Å². The number of carbonyl (C=O) groups excluding carboxylic acids is 2. The molecule has 7 nitrogen and oxygen atoms in total. The number of carbonyl (C=O) groups is 2. The molecule has 2 aromatic rings. The largest absolute Gasteiger partial charge is 0.444 e. The summed E-state index contributed by atoms with van der Waals surface area (Å²) in [6.07, 6.45) is 1.41. The van der Waals surface area contributed by atoms with Crippen molar-refractivity contribution < 1.29 is 14.3 Å². The fourth-order valence-electron chi connectivity index (χ4n) is 3.69. The second-order valence-electron chi connectivity index (χ2n) is 9.01. The first-order valence-electron chi connectivity index (χ1n) is 10.5. The van der Waals surface area contributed by atoms with E-state index in [1.54, 1.807) is 16.6 Å². The van der Waals surface area contributed by atoms with Crippen LogP contribution in [0.2, 0.25) is 0 Å². The number of nitrogens with zero attached hydrogens (tertiary/aromatic N) is 4. The van der Waals surface area contributed by atoms with E-state index >= 15 is 0 Å². The summed E-state index contributed by atoms with van der Waals surface area (Å²) >= 11 is 0. The van der Waals surface area contributed by atoms with Crippen LogP contribution in [0.25, 0.3) is 5.69 Å². The van der Waals surface area contributed by atoms with Gasteiger partial charge in [-0.25, -0.2) is 9.48 Å². The molecule has 30 heavy (non-hydrogen) atoms. The van der Waals surface area contributed by atoms with Gasteiger partial charge in [0.15, 0.2) is 5.69 Å². The Bertz CT molecular complexity index is 878. The lowest BCUT2D eigenvalue weighted by molar-refractivity contribution is 0.0245. The minimum absolute atomic E-state index is 0.0354. The van der Waals surface area contributed by atoms with Crippen LogP contribution < -0.4 is 0 Å². The molecule has 0 unspecified atom stereocenters. The van der Waals surface area contributed by atoms with Gasteiger partial charge in [-0.1, -0.05) is 18.2 Å². The SMILES string of the molecule is Cc1cc(C(=O)N2CCC(CN(C)C(=O)OC(C)(C)C)CC2)nn1-c1ccccc1. The molecule has 1 aliphatic rings. The number of likely N-dealkylation sites (tertiary alicyclic amines) is 1. The third-order valence-electron chi connectivity index (χ3n) is 5.25. The number of hydrogen-bond donors (Lipinski definition) is 0. The Kier molecular flexibility index (Phi) is 6.48. The van der Waals surface area contributed by atoms with Crippen molar-refractivity contribution in [3.05, 3.63) is 47.8 Å². The molecule has 1 aromatic carbocycles. The molecule has 1 saturated heterocycles. The van der Waals surface area contributed by atoms with Gasteiger partial charge in [0, 0.05) is 32.4 Å². The molecule has 162 valence electrons. The molecule has 0 aliphatic carbocycles. The molecule has 1 aliphatic heterocycles. The second-order valence-corrected chi connectivity index (χ2v) is 9.01. The van der Waals surface area contributed by atoms with Crippen molar-refractivity contribution in [1.29, 1.82) is 0 Å². The predicted molar refractivity (Wildman–Crippen MR) is 116 cm³/mol. The van der Waals surface area contributed by atoms with E-state index in [0.717, 1.165) is 24.2 Å². The van der Waals surface area contributed by atoms with E-state index in [0.29, 0.717) is 31.2 Å². The first kappa shape index (κ1) is 21.9. The zero-order valence-corrected chi connectivity index (χ0v) is 18.6. The molecule has 1 aromatic heterocycles. The smallest absolute Gasteiger partial charge is 0.410 e. The van der Waals surface area contributed by atoms with Crippen LogP contribution in [0.1, 0.15) is 49.8 Å². The minimum Gasteiger partial charge on any atom is -0.444 e. The van der Waals surface area contributed by atoms with Gasteiger partial charge in [0.2, 0.25) is 0 Å². The maximum absolute atomic E-state index is 13.0. The molecule has 0 saturated carbocycles. The number of ether oxygens (including phenoxy) is 1. The first-order chi connectivity index (χ1) is 14.1. The maximum atomic E-state index is 13.0. The van der Waals surface area contributed by atoms with E-state index in [-0.39, 0.29) is 12.0 Å². The van der Waals surface area contributed by atoms with Crippen molar-refractivity contribution >= 4 is 12.0 Å². The Balaban J connectivity index is 1.55. The van der Waals surface area contributed by atoms with E-state index in [4.69, 9.17) is 4.74 Å². The molecule has 2 amide bonds. The van der Waals surface area contributed by atoms with Crippen molar-refractivity contribution in [1.82, 2.24) is 19.6 Å². The van der Waals surface area contributed by atoms with Gasteiger partial charge >= 0.3 is 6.09 Å². The number of benzene rings is 1. The highest BCUT2D eigenvalue weighted by molar-refractivity contribution is 5.92. The monoisotopic (exact) mass is 412 g/mol. The molecule has 0 bridgehead atoms. The fraction of sp³-hybridized carbons (Fsp3) is 0.522. The summed E-state index contributed by atoms with van der Waals surface area (Å²) in [4.78, 5) is 28.6. The van der Waals surface area contributed by atoms with Gasteiger partial charge in [-0.05, 0) is 64.7 Å². The summed E-state index contributed by atoms with van der Waals surface area (Å²) in [6, 6.07) is 11.7. The van der Waals surface area contributed by atoms with E-state index in [1.165, 1.54) is 0 Å². The number of amides is 2. The molecule has 0 atom stereocenters. The van der Waals surface area contributed by atoms with Crippen molar-refractivity contribution in [3.63, 3.8) is 0 Å². The van der Waals surface area contributed by atoms with Gasteiger partial charge in [-0.3, -0.25) is 4.79 Å². The summed E-state index contributed by atoms with van der Waals surface area (Å²) < 4.78 is 7.22. The highest BCUT2D eigenvalue weighted by Crippen LogP contribution is 2.21. The second kappa shape index (κ2) is 8.90. The van der Waals surface area contributed by atoms with Gasteiger partial charge in [-0.2, -0.15) is 5.10 Å². The summed E-state index contributed by atoms with van der Waals surface area (Å²) in [5.74, 6) is 0.321. The van der Waals surface area contributed by atoms with Crippen LogP contribution in [-0.4, -0.2) is 63.9 Å². The van der Waals surface area contributed by atoms with E-state index < -0.39 is 5.60 Å². The van der Waals surface area contributed by atoms with E-state index in [1.807, 2.05) is 69.0 Å². The Morgan fingerprint density at radius 3 is 2.40 bits per heavy atom. The Labute approximate surface area is 178 Å². The average Bonchev–Trinajstić information content (AvgIpc) is 3.09. The molecule has 3 rings (SSSR count).